The molecule has 0 spiro atoms. The van der Waals surface area contributed by atoms with Gasteiger partial charge >= 0.3 is 12.1 Å². The molecular weight excluding hydrogens is 424 g/mol. The predicted octanol–water partition coefficient (Wildman–Crippen LogP) is 3.30. The van der Waals surface area contributed by atoms with Crippen LogP contribution in [-0.2, 0) is 19.1 Å². The highest BCUT2D eigenvalue weighted by Crippen LogP contribution is 2.44. The fourth-order valence-electron chi connectivity index (χ4n) is 4.26. The number of ether oxygens (including phenoxy) is 2. The Balaban J connectivity index is 1.71. The lowest BCUT2D eigenvalue weighted by molar-refractivity contribution is -0.138. The molecule has 3 rings (SSSR count). The molecule has 0 aliphatic heterocycles. The minimum Gasteiger partial charge on any atom is -0.481 e. The number of carbonyl (C=O) groups is 3. The smallest absolute Gasteiger partial charge is 0.408 e. The maximum atomic E-state index is 12.9. The Morgan fingerprint density at radius 3 is 2.15 bits per heavy atom. The summed E-state index contributed by atoms with van der Waals surface area (Å²) in [5.74, 6) is -1.65. The average Bonchev–Trinajstić information content (AvgIpc) is 3.10. The van der Waals surface area contributed by atoms with Crippen LogP contribution in [0.1, 0.15) is 43.7 Å². The number of hydrogen-bond donors (Lipinski definition) is 3. The van der Waals surface area contributed by atoms with Gasteiger partial charge in [0.1, 0.15) is 12.1 Å². The van der Waals surface area contributed by atoms with Gasteiger partial charge < -0.3 is 25.2 Å². The van der Waals surface area contributed by atoms with Gasteiger partial charge in [-0.1, -0.05) is 55.5 Å². The second-order valence-corrected chi connectivity index (χ2v) is 8.29. The molecule has 8 heteroatoms. The lowest BCUT2D eigenvalue weighted by Gasteiger charge is -2.32. The predicted molar refractivity (Wildman–Crippen MR) is 123 cm³/mol. The summed E-state index contributed by atoms with van der Waals surface area (Å²) >= 11 is 0. The Bertz CT molecular complexity index is 978. The third-order valence-electron chi connectivity index (χ3n) is 5.97. The van der Waals surface area contributed by atoms with Crippen LogP contribution >= 0.6 is 0 Å². The normalized spacial score (nSPS) is 15.0. The van der Waals surface area contributed by atoms with Crippen molar-refractivity contribution in [3.63, 3.8) is 0 Å². The molecule has 8 nitrogen and oxygen atoms in total. The lowest BCUT2D eigenvalue weighted by atomic mass is 9.95. The highest BCUT2D eigenvalue weighted by molar-refractivity contribution is 5.90. The molecule has 33 heavy (non-hydrogen) atoms. The summed E-state index contributed by atoms with van der Waals surface area (Å²) in [4.78, 5) is 36.7. The van der Waals surface area contributed by atoms with Crippen LogP contribution in [-0.4, -0.2) is 55.0 Å². The van der Waals surface area contributed by atoms with E-state index in [0.29, 0.717) is 0 Å². The van der Waals surface area contributed by atoms with Gasteiger partial charge in [-0.25, -0.2) is 4.79 Å². The molecular formula is C25H30N2O6. The summed E-state index contributed by atoms with van der Waals surface area (Å²) < 4.78 is 10.8. The molecule has 0 saturated heterocycles. The Kier molecular flexibility index (Phi) is 7.71. The zero-order valence-corrected chi connectivity index (χ0v) is 19.1. The molecule has 3 N–H and O–H groups in total. The summed E-state index contributed by atoms with van der Waals surface area (Å²) in [5, 5.41) is 14.3. The van der Waals surface area contributed by atoms with E-state index >= 15 is 0 Å². The summed E-state index contributed by atoms with van der Waals surface area (Å²) in [5.41, 5.74) is 3.03. The van der Waals surface area contributed by atoms with Crippen molar-refractivity contribution >= 4 is 18.0 Å². The van der Waals surface area contributed by atoms with E-state index in [9.17, 15) is 14.4 Å². The average molecular weight is 455 g/mol. The van der Waals surface area contributed by atoms with E-state index in [0.717, 1.165) is 22.3 Å². The number of fused-ring (bicyclic) bond motifs is 3. The number of carboxylic acids is 1. The molecule has 0 heterocycles. The molecule has 1 aliphatic rings. The van der Waals surface area contributed by atoms with E-state index in [2.05, 4.69) is 22.8 Å². The summed E-state index contributed by atoms with van der Waals surface area (Å²) in [6, 6.07) is 15.4. The number of carbonyl (C=O) groups excluding carboxylic acids is 2. The number of methoxy groups -OCH3 is 1. The minimum atomic E-state index is -1.38. The molecule has 2 aromatic rings. The monoisotopic (exact) mass is 454 g/mol. The van der Waals surface area contributed by atoms with Gasteiger partial charge in [0.15, 0.2) is 0 Å². The first-order valence-electron chi connectivity index (χ1n) is 11.0. The number of benzene rings is 2. The second-order valence-electron chi connectivity index (χ2n) is 8.29. The van der Waals surface area contributed by atoms with E-state index in [1.54, 1.807) is 13.8 Å². The quantitative estimate of drug-likeness (QED) is 0.508. The lowest BCUT2D eigenvalue weighted by Crippen LogP contribution is -2.62. The van der Waals surface area contributed by atoms with Crippen molar-refractivity contribution < 1.29 is 29.0 Å². The topological polar surface area (TPSA) is 114 Å². The number of alkyl carbamates (subject to hydrolysis) is 1. The largest absolute Gasteiger partial charge is 0.481 e. The van der Waals surface area contributed by atoms with Crippen molar-refractivity contribution in [1.29, 1.82) is 0 Å². The number of amides is 2. The third-order valence-corrected chi connectivity index (χ3v) is 5.97. The Hall–Kier alpha value is -3.39. The van der Waals surface area contributed by atoms with Crippen LogP contribution in [0.5, 0.6) is 0 Å². The molecule has 0 saturated carbocycles. The van der Waals surface area contributed by atoms with E-state index < -0.39 is 29.6 Å². The first-order chi connectivity index (χ1) is 15.8. The molecule has 2 atom stereocenters. The first-order valence-corrected chi connectivity index (χ1v) is 11.0. The van der Waals surface area contributed by atoms with Crippen molar-refractivity contribution in [3.05, 3.63) is 59.7 Å². The van der Waals surface area contributed by atoms with Gasteiger partial charge in [0, 0.05) is 19.1 Å². The van der Waals surface area contributed by atoms with E-state index in [1.165, 1.54) is 7.11 Å². The number of nitrogens with one attached hydrogen (secondary N) is 2. The molecule has 0 fully saturated rings. The molecule has 2 unspecified atom stereocenters. The molecule has 176 valence electrons. The van der Waals surface area contributed by atoms with Gasteiger partial charge in [-0.2, -0.15) is 0 Å². The van der Waals surface area contributed by atoms with Gasteiger partial charge in [0.05, 0.1) is 13.0 Å². The molecule has 0 radical (unpaired) electrons. The fraction of sp³-hybridized carbons (Fsp3) is 0.400. The zero-order chi connectivity index (χ0) is 24.0. The van der Waals surface area contributed by atoms with Crippen molar-refractivity contribution in [2.75, 3.05) is 20.3 Å². The standard InChI is InChI=1S/C25H30N2O6/c1-4-25(15-32-3,23(30)26-16(2)13-22(28)29)27-24(31)33-14-21-19-11-7-5-9-17(19)18-10-6-8-12-20(18)21/h5-12,16,21H,4,13-15H2,1-3H3,(H,26,30)(H,27,31)(H,28,29). The highest BCUT2D eigenvalue weighted by Gasteiger charge is 2.40. The van der Waals surface area contributed by atoms with Crippen LogP contribution in [0.4, 0.5) is 4.79 Å². The van der Waals surface area contributed by atoms with Crippen LogP contribution in [0, 0.1) is 0 Å². The number of hydrogen-bond acceptors (Lipinski definition) is 5. The SMILES string of the molecule is CCC(COC)(NC(=O)OCC1c2ccccc2-c2ccccc21)C(=O)NC(C)CC(=O)O. The Labute approximate surface area is 193 Å². The minimum absolute atomic E-state index is 0.0840. The van der Waals surface area contributed by atoms with E-state index in [1.807, 2.05) is 36.4 Å². The van der Waals surface area contributed by atoms with Crippen LogP contribution in [0.15, 0.2) is 48.5 Å². The highest BCUT2D eigenvalue weighted by atomic mass is 16.5. The fourth-order valence-corrected chi connectivity index (χ4v) is 4.26. The summed E-state index contributed by atoms with van der Waals surface area (Å²) in [6.45, 7) is 3.36. The van der Waals surface area contributed by atoms with E-state index in [-0.39, 0.29) is 32.0 Å². The number of rotatable bonds is 10. The summed E-state index contributed by atoms with van der Waals surface area (Å²) in [6.07, 6.45) is -0.739. The maximum Gasteiger partial charge on any atom is 0.408 e. The molecule has 1 aliphatic carbocycles. The second kappa shape index (κ2) is 10.5. The van der Waals surface area contributed by atoms with Crippen LogP contribution in [0.25, 0.3) is 11.1 Å². The van der Waals surface area contributed by atoms with Crippen LogP contribution < -0.4 is 10.6 Å². The van der Waals surface area contributed by atoms with Gasteiger partial charge in [-0.05, 0) is 35.6 Å². The molecule has 2 aromatic carbocycles. The maximum absolute atomic E-state index is 12.9. The summed E-state index contributed by atoms with van der Waals surface area (Å²) in [7, 11) is 1.43. The molecule has 2 amide bonds. The van der Waals surface area contributed by atoms with E-state index in [4.69, 9.17) is 14.6 Å². The van der Waals surface area contributed by atoms with Gasteiger partial charge in [0.2, 0.25) is 5.91 Å². The van der Waals surface area contributed by atoms with Crippen LogP contribution in [0.3, 0.4) is 0 Å². The number of carboxylic acid groups (broad SMARTS) is 1. The van der Waals surface area contributed by atoms with Crippen molar-refractivity contribution in [2.45, 2.75) is 44.2 Å². The van der Waals surface area contributed by atoms with Gasteiger partial charge in [-0.15, -0.1) is 0 Å². The molecule has 0 bridgehead atoms. The van der Waals surface area contributed by atoms with Gasteiger partial charge in [-0.3, -0.25) is 9.59 Å². The van der Waals surface area contributed by atoms with Gasteiger partial charge in [0.25, 0.3) is 0 Å². The van der Waals surface area contributed by atoms with Crippen molar-refractivity contribution in [3.8, 4) is 11.1 Å². The molecule has 0 aromatic heterocycles. The van der Waals surface area contributed by atoms with Crippen molar-refractivity contribution in [1.82, 2.24) is 10.6 Å². The Morgan fingerprint density at radius 1 is 1.06 bits per heavy atom. The van der Waals surface area contributed by atoms with Crippen LogP contribution in [0.2, 0.25) is 0 Å². The number of aliphatic carboxylic acids is 1. The zero-order valence-electron chi connectivity index (χ0n) is 19.1. The third kappa shape index (κ3) is 5.34. The van der Waals surface area contributed by atoms with Crippen molar-refractivity contribution in [2.24, 2.45) is 0 Å². The first kappa shape index (κ1) is 24.3. The Morgan fingerprint density at radius 2 is 1.64 bits per heavy atom.